The van der Waals surface area contributed by atoms with Crippen LogP contribution < -0.4 is 10.6 Å². The fourth-order valence-corrected chi connectivity index (χ4v) is 1.71. The SMILES string of the molecule is COCCCNc1cc(Nc2cc(C)on2)nc(C)n1. The third-order valence-electron chi connectivity index (χ3n) is 2.55. The van der Waals surface area contributed by atoms with Crippen molar-refractivity contribution in [2.75, 3.05) is 30.9 Å². The lowest BCUT2D eigenvalue weighted by molar-refractivity contribution is 0.198. The maximum Gasteiger partial charge on any atom is 0.175 e. The lowest BCUT2D eigenvalue weighted by Crippen LogP contribution is -2.08. The lowest BCUT2D eigenvalue weighted by atomic mass is 10.4. The molecule has 0 spiro atoms. The van der Waals surface area contributed by atoms with E-state index in [1.54, 1.807) is 7.11 Å². The quantitative estimate of drug-likeness (QED) is 0.751. The molecule has 0 saturated heterocycles. The molecule has 108 valence electrons. The Kier molecular flexibility index (Phi) is 4.89. The minimum atomic E-state index is 0.630. The highest BCUT2D eigenvalue weighted by atomic mass is 16.5. The molecular weight excluding hydrogens is 258 g/mol. The van der Waals surface area contributed by atoms with Gasteiger partial charge < -0.3 is 19.9 Å². The van der Waals surface area contributed by atoms with Crippen molar-refractivity contribution >= 4 is 17.5 Å². The van der Waals surface area contributed by atoms with Gasteiger partial charge in [0.25, 0.3) is 0 Å². The van der Waals surface area contributed by atoms with Crippen LogP contribution in [0.5, 0.6) is 0 Å². The molecule has 0 amide bonds. The highest BCUT2D eigenvalue weighted by Gasteiger charge is 2.05. The smallest absolute Gasteiger partial charge is 0.175 e. The van der Waals surface area contributed by atoms with Crippen molar-refractivity contribution in [3.05, 3.63) is 23.7 Å². The van der Waals surface area contributed by atoms with Gasteiger partial charge in [-0.25, -0.2) is 9.97 Å². The van der Waals surface area contributed by atoms with Crippen LogP contribution in [0.25, 0.3) is 0 Å². The second kappa shape index (κ2) is 6.85. The van der Waals surface area contributed by atoms with Crippen molar-refractivity contribution in [2.45, 2.75) is 20.3 Å². The molecule has 2 aromatic rings. The van der Waals surface area contributed by atoms with Crippen molar-refractivity contribution in [1.82, 2.24) is 15.1 Å². The largest absolute Gasteiger partial charge is 0.385 e. The van der Waals surface area contributed by atoms with Crippen LogP contribution in [0.3, 0.4) is 0 Å². The molecule has 0 aliphatic heterocycles. The zero-order chi connectivity index (χ0) is 14.4. The van der Waals surface area contributed by atoms with Gasteiger partial charge in [0.05, 0.1) is 0 Å². The van der Waals surface area contributed by atoms with E-state index in [2.05, 4.69) is 25.8 Å². The monoisotopic (exact) mass is 277 g/mol. The highest BCUT2D eigenvalue weighted by Crippen LogP contribution is 2.17. The molecule has 2 rings (SSSR count). The number of nitrogens with one attached hydrogen (secondary N) is 2. The Bertz CT molecular complexity index is 555. The van der Waals surface area contributed by atoms with Gasteiger partial charge in [0.2, 0.25) is 0 Å². The van der Waals surface area contributed by atoms with E-state index in [9.17, 15) is 0 Å². The van der Waals surface area contributed by atoms with Crippen molar-refractivity contribution in [1.29, 1.82) is 0 Å². The molecule has 0 unspecified atom stereocenters. The number of aryl methyl sites for hydroxylation is 2. The molecule has 2 heterocycles. The minimum Gasteiger partial charge on any atom is -0.385 e. The molecule has 0 bridgehead atoms. The zero-order valence-electron chi connectivity index (χ0n) is 11.9. The Hall–Kier alpha value is -2.15. The Labute approximate surface area is 117 Å². The summed E-state index contributed by atoms with van der Waals surface area (Å²) in [5.41, 5.74) is 0. The van der Waals surface area contributed by atoms with E-state index in [-0.39, 0.29) is 0 Å². The number of rotatable bonds is 7. The molecule has 0 atom stereocenters. The maximum atomic E-state index is 5.00. The van der Waals surface area contributed by atoms with Crippen LogP contribution in [0.2, 0.25) is 0 Å². The molecule has 2 aromatic heterocycles. The molecule has 0 fully saturated rings. The number of hydrogen-bond donors (Lipinski definition) is 2. The topological polar surface area (TPSA) is 85.1 Å². The standard InChI is InChI=1S/C13H19N5O2/c1-9-7-13(18-20-9)17-12-8-11(15-10(2)16-12)14-5-4-6-19-3/h7-8H,4-6H2,1-3H3,(H2,14,15,16,17,18). The van der Waals surface area contributed by atoms with E-state index in [1.807, 2.05) is 26.0 Å². The first-order valence-corrected chi connectivity index (χ1v) is 6.46. The summed E-state index contributed by atoms with van der Waals surface area (Å²) in [4.78, 5) is 8.65. The third-order valence-corrected chi connectivity index (χ3v) is 2.55. The van der Waals surface area contributed by atoms with Gasteiger partial charge >= 0.3 is 0 Å². The molecule has 0 aliphatic rings. The van der Waals surface area contributed by atoms with Crippen LogP contribution >= 0.6 is 0 Å². The van der Waals surface area contributed by atoms with Crippen LogP contribution in [-0.2, 0) is 4.74 Å². The predicted octanol–water partition coefficient (Wildman–Crippen LogP) is 2.27. The highest BCUT2D eigenvalue weighted by molar-refractivity contribution is 5.55. The summed E-state index contributed by atoms with van der Waals surface area (Å²) in [7, 11) is 1.69. The van der Waals surface area contributed by atoms with Crippen LogP contribution in [0.15, 0.2) is 16.7 Å². The van der Waals surface area contributed by atoms with Crippen molar-refractivity contribution in [3.8, 4) is 0 Å². The molecule has 0 saturated carbocycles. The third kappa shape index (κ3) is 4.20. The Morgan fingerprint density at radius 2 is 1.95 bits per heavy atom. The lowest BCUT2D eigenvalue weighted by Gasteiger charge is -2.08. The van der Waals surface area contributed by atoms with Crippen LogP contribution in [0.4, 0.5) is 17.5 Å². The Balaban J connectivity index is 2.00. The summed E-state index contributed by atoms with van der Waals surface area (Å²) in [6.45, 7) is 5.21. The second-order valence-corrected chi connectivity index (χ2v) is 4.41. The van der Waals surface area contributed by atoms with E-state index in [4.69, 9.17) is 9.26 Å². The summed E-state index contributed by atoms with van der Waals surface area (Å²) >= 11 is 0. The van der Waals surface area contributed by atoms with Gasteiger partial charge in [-0.2, -0.15) is 0 Å². The molecule has 0 aliphatic carbocycles. The molecule has 7 nitrogen and oxygen atoms in total. The number of aromatic nitrogens is 3. The van der Waals surface area contributed by atoms with Crippen LogP contribution in [0.1, 0.15) is 18.0 Å². The van der Waals surface area contributed by atoms with Gasteiger partial charge in [0, 0.05) is 32.4 Å². The van der Waals surface area contributed by atoms with Gasteiger partial charge in [0.15, 0.2) is 5.82 Å². The fourth-order valence-electron chi connectivity index (χ4n) is 1.71. The van der Waals surface area contributed by atoms with Crippen molar-refractivity contribution in [3.63, 3.8) is 0 Å². The normalized spacial score (nSPS) is 10.6. The van der Waals surface area contributed by atoms with Crippen LogP contribution in [0, 0.1) is 13.8 Å². The molecule has 20 heavy (non-hydrogen) atoms. The average Bonchev–Trinajstić information content (AvgIpc) is 2.79. The minimum absolute atomic E-state index is 0.630. The number of ether oxygens (including phenoxy) is 1. The van der Waals surface area contributed by atoms with Gasteiger partial charge in [-0.3, -0.25) is 0 Å². The van der Waals surface area contributed by atoms with Gasteiger partial charge in [0.1, 0.15) is 23.2 Å². The predicted molar refractivity (Wildman–Crippen MR) is 76.3 cm³/mol. The average molecular weight is 277 g/mol. The first-order valence-electron chi connectivity index (χ1n) is 6.46. The number of anilines is 3. The molecular formula is C13H19N5O2. The Morgan fingerprint density at radius 3 is 2.65 bits per heavy atom. The Morgan fingerprint density at radius 1 is 1.15 bits per heavy atom. The number of nitrogens with zero attached hydrogens (tertiary/aromatic N) is 3. The van der Waals surface area contributed by atoms with E-state index in [0.717, 1.165) is 31.2 Å². The van der Waals surface area contributed by atoms with E-state index < -0.39 is 0 Å². The molecule has 0 radical (unpaired) electrons. The molecule has 7 heteroatoms. The van der Waals surface area contributed by atoms with Gasteiger partial charge in [-0.15, -0.1) is 0 Å². The molecule has 2 N–H and O–H groups in total. The summed E-state index contributed by atoms with van der Waals surface area (Å²) < 4.78 is 10.0. The first-order chi connectivity index (χ1) is 9.67. The molecule has 0 aromatic carbocycles. The summed E-state index contributed by atoms with van der Waals surface area (Å²) in [6, 6.07) is 3.65. The van der Waals surface area contributed by atoms with E-state index >= 15 is 0 Å². The summed E-state index contributed by atoms with van der Waals surface area (Å²) in [6.07, 6.45) is 0.921. The second-order valence-electron chi connectivity index (χ2n) is 4.41. The van der Waals surface area contributed by atoms with Gasteiger partial charge in [-0.1, -0.05) is 5.16 Å². The summed E-state index contributed by atoms with van der Waals surface area (Å²) in [5.74, 6) is 3.52. The van der Waals surface area contributed by atoms with E-state index in [1.165, 1.54) is 0 Å². The maximum absolute atomic E-state index is 5.00. The van der Waals surface area contributed by atoms with Crippen LogP contribution in [-0.4, -0.2) is 35.4 Å². The zero-order valence-corrected chi connectivity index (χ0v) is 11.9. The number of hydrogen-bond acceptors (Lipinski definition) is 7. The van der Waals surface area contributed by atoms with E-state index in [0.29, 0.717) is 17.5 Å². The number of methoxy groups -OCH3 is 1. The first kappa shape index (κ1) is 14.3. The van der Waals surface area contributed by atoms with Crippen molar-refractivity contribution in [2.24, 2.45) is 0 Å². The van der Waals surface area contributed by atoms with Crippen molar-refractivity contribution < 1.29 is 9.26 Å². The summed E-state index contributed by atoms with van der Waals surface area (Å²) in [5, 5.41) is 10.2. The van der Waals surface area contributed by atoms with Gasteiger partial charge in [-0.05, 0) is 20.3 Å². The fraction of sp³-hybridized carbons (Fsp3) is 0.462.